The van der Waals surface area contributed by atoms with Crippen LogP contribution < -0.4 is 9.64 Å². The summed E-state index contributed by atoms with van der Waals surface area (Å²) in [7, 11) is 0. The van der Waals surface area contributed by atoms with E-state index in [1.165, 1.54) is 6.92 Å². The predicted octanol–water partition coefficient (Wildman–Crippen LogP) is 4.97. The second-order valence-corrected chi connectivity index (χ2v) is 7.94. The third-order valence-corrected chi connectivity index (χ3v) is 6.02. The number of hydrogen-bond acceptors (Lipinski definition) is 5. The summed E-state index contributed by atoms with van der Waals surface area (Å²) in [4.78, 5) is 34.4. The summed E-state index contributed by atoms with van der Waals surface area (Å²) >= 11 is 0. The summed E-state index contributed by atoms with van der Waals surface area (Å²) in [5.74, 6) is 0.0222. The van der Waals surface area contributed by atoms with E-state index in [4.69, 9.17) is 9.72 Å². The molecule has 0 aliphatic carbocycles. The fourth-order valence-corrected chi connectivity index (χ4v) is 4.73. The van der Waals surface area contributed by atoms with Crippen molar-refractivity contribution in [2.75, 3.05) is 4.90 Å². The van der Waals surface area contributed by atoms with Crippen LogP contribution in [0, 0.1) is 0 Å². The van der Waals surface area contributed by atoms with E-state index in [-0.39, 0.29) is 5.91 Å². The lowest BCUT2D eigenvalue weighted by Gasteiger charge is -2.41. The van der Waals surface area contributed by atoms with Crippen LogP contribution in [0.3, 0.4) is 0 Å². The van der Waals surface area contributed by atoms with Crippen molar-refractivity contribution < 1.29 is 14.3 Å². The van der Waals surface area contributed by atoms with Crippen LogP contribution in [0.1, 0.15) is 34.7 Å². The van der Waals surface area contributed by atoms with Gasteiger partial charge in [-0.2, -0.15) is 0 Å². The van der Waals surface area contributed by atoms with Crippen molar-refractivity contribution in [3.05, 3.63) is 95.7 Å². The van der Waals surface area contributed by atoms with Gasteiger partial charge in [0.25, 0.3) is 5.91 Å². The molecule has 156 valence electrons. The molecule has 0 saturated heterocycles. The largest absolute Gasteiger partial charge is 0.426 e. The second kappa shape index (κ2) is 6.92. The number of carbonyl (C=O) groups excluding carboxylic acids is 2. The quantitative estimate of drug-likeness (QED) is 0.428. The van der Waals surface area contributed by atoms with Gasteiger partial charge in [0.2, 0.25) is 0 Å². The monoisotopic (exact) mass is 421 g/mol. The molecule has 3 aromatic carbocycles. The highest BCUT2D eigenvalue weighted by atomic mass is 16.5. The highest BCUT2D eigenvalue weighted by Gasteiger charge is 2.46. The van der Waals surface area contributed by atoms with Gasteiger partial charge in [0.15, 0.2) is 6.17 Å². The highest BCUT2D eigenvalue weighted by Crippen LogP contribution is 2.50. The third kappa shape index (κ3) is 2.62. The molecule has 3 heterocycles. The van der Waals surface area contributed by atoms with Crippen LogP contribution in [0.25, 0.3) is 10.9 Å². The summed E-state index contributed by atoms with van der Waals surface area (Å²) in [6.07, 6.45) is -0.436. The van der Waals surface area contributed by atoms with Crippen molar-refractivity contribution in [3.8, 4) is 5.75 Å². The predicted molar refractivity (Wildman–Crippen MR) is 121 cm³/mol. The van der Waals surface area contributed by atoms with E-state index in [1.54, 1.807) is 4.90 Å². The fourth-order valence-electron chi connectivity index (χ4n) is 4.73. The number of hydrogen-bond donors (Lipinski definition) is 0. The van der Waals surface area contributed by atoms with Crippen LogP contribution in [0.5, 0.6) is 5.75 Å². The van der Waals surface area contributed by atoms with Crippen LogP contribution in [-0.4, -0.2) is 21.8 Å². The van der Waals surface area contributed by atoms with E-state index in [9.17, 15) is 9.59 Å². The molecule has 6 nitrogen and oxygen atoms in total. The Bertz CT molecular complexity index is 1400. The molecule has 0 fully saturated rings. The number of carbonyl (C=O) groups is 2. The van der Waals surface area contributed by atoms with Crippen LogP contribution in [-0.2, 0) is 11.3 Å². The summed E-state index contributed by atoms with van der Waals surface area (Å²) in [5.41, 5.74) is 4.65. The minimum absolute atomic E-state index is 0.0615. The molecule has 1 unspecified atom stereocenters. The maximum atomic E-state index is 13.5. The summed E-state index contributed by atoms with van der Waals surface area (Å²) in [5, 5.41) is 0.762. The molecule has 6 heteroatoms. The van der Waals surface area contributed by atoms with Gasteiger partial charge >= 0.3 is 5.97 Å². The maximum Gasteiger partial charge on any atom is 0.308 e. The molecule has 1 amide bonds. The van der Waals surface area contributed by atoms with Gasteiger partial charge in [0, 0.05) is 23.6 Å². The Hall–Kier alpha value is -4.19. The lowest BCUT2D eigenvalue weighted by molar-refractivity contribution is -0.131. The summed E-state index contributed by atoms with van der Waals surface area (Å²) < 4.78 is 5.69. The molecule has 0 saturated carbocycles. The van der Waals surface area contributed by atoms with Crippen LogP contribution in [0.4, 0.5) is 11.4 Å². The summed E-state index contributed by atoms with van der Waals surface area (Å²) in [6.45, 7) is 1.71. The normalized spacial score (nSPS) is 16.5. The SMILES string of the molecule is CC(=O)Oc1c2c(nc3ccccc13)C1N(C2)C(=O)c2ccccc2N1c1ccccc1. The van der Waals surface area contributed by atoms with Crippen molar-refractivity contribution in [2.24, 2.45) is 0 Å². The fraction of sp³-hybridized carbons (Fsp3) is 0.115. The molecular weight excluding hydrogens is 402 g/mol. The van der Waals surface area contributed by atoms with Crippen LogP contribution in [0.15, 0.2) is 78.9 Å². The Morgan fingerprint density at radius 3 is 2.50 bits per heavy atom. The first-order valence-corrected chi connectivity index (χ1v) is 10.5. The first-order valence-electron chi connectivity index (χ1n) is 10.5. The first kappa shape index (κ1) is 18.6. The van der Waals surface area contributed by atoms with Crippen molar-refractivity contribution in [3.63, 3.8) is 0 Å². The highest BCUT2D eigenvalue weighted by molar-refractivity contribution is 6.04. The first-order chi connectivity index (χ1) is 15.6. The van der Waals surface area contributed by atoms with Gasteiger partial charge in [0.1, 0.15) is 5.75 Å². The van der Waals surface area contributed by atoms with E-state index >= 15 is 0 Å². The van der Waals surface area contributed by atoms with Gasteiger partial charge < -0.3 is 14.5 Å². The van der Waals surface area contributed by atoms with Gasteiger partial charge in [0.05, 0.1) is 29.0 Å². The smallest absolute Gasteiger partial charge is 0.308 e. The summed E-state index contributed by atoms with van der Waals surface area (Å²) in [6, 6.07) is 25.2. The van der Waals surface area contributed by atoms with Crippen LogP contribution >= 0.6 is 0 Å². The molecule has 4 aromatic rings. The number of rotatable bonds is 2. The minimum atomic E-state index is -0.436. The molecule has 1 aromatic heterocycles. The van der Waals surface area contributed by atoms with Crippen LogP contribution in [0.2, 0.25) is 0 Å². The molecule has 1 atom stereocenters. The zero-order chi connectivity index (χ0) is 21.8. The molecule has 0 radical (unpaired) electrons. The number of pyridine rings is 1. The zero-order valence-electron chi connectivity index (χ0n) is 17.4. The van der Waals surface area contributed by atoms with E-state index in [2.05, 4.69) is 4.90 Å². The number of ether oxygens (including phenoxy) is 1. The van der Waals surface area contributed by atoms with Gasteiger partial charge in [-0.1, -0.05) is 42.5 Å². The molecular formula is C26H19N3O3. The minimum Gasteiger partial charge on any atom is -0.426 e. The van der Waals surface area contributed by atoms with Crippen molar-refractivity contribution in [1.82, 2.24) is 9.88 Å². The molecule has 0 spiro atoms. The zero-order valence-corrected chi connectivity index (χ0v) is 17.4. The molecule has 2 aliphatic heterocycles. The van der Waals surface area contributed by atoms with E-state index in [0.717, 1.165) is 33.5 Å². The molecule has 0 bridgehead atoms. The lowest BCUT2D eigenvalue weighted by Crippen LogP contribution is -2.44. The average molecular weight is 421 g/mol. The van der Waals surface area contributed by atoms with Gasteiger partial charge in [-0.25, -0.2) is 4.98 Å². The number of fused-ring (bicyclic) bond motifs is 5. The van der Waals surface area contributed by atoms with E-state index in [1.807, 2.05) is 78.9 Å². The Morgan fingerprint density at radius 2 is 1.69 bits per heavy atom. The Kier molecular flexibility index (Phi) is 4.01. The number of para-hydroxylation sites is 3. The molecule has 2 aliphatic rings. The lowest BCUT2D eigenvalue weighted by atomic mass is 10.0. The second-order valence-electron chi connectivity index (χ2n) is 7.94. The standard InChI is InChI=1S/C26H19N3O3/c1-16(30)32-24-18-11-5-7-13-21(18)27-23-20(24)15-28-25(23)29(17-9-3-2-4-10-17)22-14-8-6-12-19(22)26(28)31/h2-14,25H,15H2,1H3. The van der Waals surface area contributed by atoms with Crippen molar-refractivity contribution in [1.29, 1.82) is 0 Å². The van der Waals surface area contributed by atoms with Crippen molar-refractivity contribution >= 4 is 34.2 Å². The number of nitrogens with zero attached hydrogens (tertiary/aromatic N) is 3. The third-order valence-electron chi connectivity index (χ3n) is 6.02. The van der Waals surface area contributed by atoms with Gasteiger partial charge in [-0.15, -0.1) is 0 Å². The Balaban J connectivity index is 1.64. The average Bonchev–Trinajstić information content (AvgIpc) is 3.19. The topological polar surface area (TPSA) is 62.7 Å². The van der Waals surface area contributed by atoms with Gasteiger partial charge in [-0.3, -0.25) is 9.59 Å². The Labute approximate surface area is 184 Å². The van der Waals surface area contributed by atoms with Crippen molar-refractivity contribution in [2.45, 2.75) is 19.6 Å². The van der Waals surface area contributed by atoms with E-state index in [0.29, 0.717) is 17.9 Å². The number of anilines is 2. The van der Waals surface area contributed by atoms with E-state index < -0.39 is 12.1 Å². The number of amides is 1. The Morgan fingerprint density at radius 1 is 0.969 bits per heavy atom. The molecule has 6 rings (SSSR count). The number of esters is 1. The number of benzene rings is 3. The maximum absolute atomic E-state index is 13.5. The number of aromatic nitrogens is 1. The van der Waals surface area contributed by atoms with Gasteiger partial charge in [-0.05, 0) is 36.4 Å². The molecule has 32 heavy (non-hydrogen) atoms. The molecule has 0 N–H and O–H groups in total.